The van der Waals surface area contributed by atoms with Gasteiger partial charge in [-0.1, -0.05) is 0 Å². The van der Waals surface area contributed by atoms with Crippen molar-refractivity contribution in [2.45, 2.75) is 39.2 Å². The zero-order valence-electron chi connectivity index (χ0n) is 15.1. The number of fused-ring (bicyclic) bond motifs is 3. The highest BCUT2D eigenvalue weighted by atomic mass is 32.1. The Morgan fingerprint density at radius 1 is 1.19 bits per heavy atom. The Hall–Kier alpha value is -1.73. The average Bonchev–Trinajstić information content (AvgIpc) is 3.32. The first kappa shape index (κ1) is 16.4. The summed E-state index contributed by atoms with van der Waals surface area (Å²) in [7, 11) is 0. The first-order valence-electron chi connectivity index (χ1n) is 9.66. The Balaban J connectivity index is 1.49. The highest BCUT2D eigenvalue weighted by Crippen LogP contribution is 2.32. The van der Waals surface area contributed by atoms with E-state index in [2.05, 4.69) is 5.32 Å². The lowest BCUT2D eigenvalue weighted by molar-refractivity contribution is 0.0763. The molecule has 0 spiro atoms. The summed E-state index contributed by atoms with van der Waals surface area (Å²) in [6.07, 6.45) is 3.98. The summed E-state index contributed by atoms with van der Waals surface area (Å²) in [6.45, 7) is 6.46. The molecule has 2 fully saturated rings. The second-order valence-corrected chi connectivity index (χ2v) is 8.87. The normalized spacial score (nSPS) is 25.3. The molecular formula is C19H24N4O2S. The van der Waals surface area contributed by atoms with E-state index in [0.717, 1.165) is 74.6 Å². The number of aromatic nitrogens is 2. The molecule has 2 saturated heterocycles. The summed E-state index contributed by atoms with van der Waals surface area (Å²) >= 11 is 1.41. The molecule has 0 bridgehead atoms. The first-order valence-corrected chi connectivity index (χ1v) is 10.5. The fourth-order valence-corrected chi connectivity index (χ4v) is 6.00. The third-order valence-corrected chi connectivity index (χ3v) is 7.59. The molecular weight excluding hydrogens is 348 g/mol. The topological polar surface area (TPSA) is 67.2 Å². The summed E-state index contributed by atoms with van der Waals surface area (Å²) in [4.78, 5) is 34.2. The largest absolute Gasteiger partial charge is 0.338 e. The Morgan fingerprint density at radius 2 is 1.92 bits per heavy atom. The molecule has 5 heterocycles. The van der Waals surface area contributed by atoms with Crippen molar-refractivity contribution in [1.29, 1.82) is 0 Å². The van der Waals surface area contributed by atoms with Crippen LogP contribution in [0.15, 0.2) is 4.79 Å². The molecule has 2 aromatic rings. The molecule has 6 nitrogen and oxygen atoms in total. The molecule has 5 rings (SSSR count). The number of hydrogen-bond acceptors (Lipinski definition) is 5. The molecule has 3 aliphatic rings. The molecule has 0 aromatic carbocycles. The van der Waals surface area contributed by atoms with Crippen LogP contribution in [0.5, 0.6) is 0 Å². The zero-order valence-corrected chi connectivity index (χ0v) is 15.9. The van der Waals surface area contributed by atoms with Gasteiger partial charge in [0, 0.05) is 26.1 Å². The standard InChI is InChI=1S/C19H24N4O2S/c1-11-15-17(21-14-3-2-6-23(14)18(15)24)26-16(11)19(25)22-7-4-12-9-20-10-13(12)5-8-22/h12-13,20H,2-10H2,1H3/t12-,13+. The monoisotopic (exact) mass is 372 g/mol. The molecule has 2 aromatic heterocycles. The van der Waals surface area contributed by atoms with Crippen LogP contribution in [0.2, 0.25) is 0 Å². The number of nitrogens with one attached hydrogen (secondary N) is 1. The third-order valence-electron chi connectivity index (χ3n) is 6.41. The lowest BCUT2D eigenvalue weighted by Crippen LogP contribution is -2.32. The number of amides is 1. The van der Waals surface area contributed by atoms with Gasteiger partial charge in [-0.25, -0.2) is 4.98 Å². The van der Waals surface area contributed by atoms with Crippen molar-refractivity contribution in [3.63, 3.8) is 0 Å². The van der Waals surface area contributed by atoms with Gasteiger partial charge in [-0.05, 0) is 56.7 Å². The molecule has 3 aliphatic heterocycles. The van der Waals surface area contributed by atoms with E-state index in [1.54, 1.807) is 4.57 Å². The zero-order chi connectivity index (χ0) is 17.8. The van der Waals surface area contributed by atoms with Gasteiger partial charge in [0.2, 0.25) is 0 Å². The number of thiophene rings is 1. The summed E-state index contributed by atoms with van der Waals surface area (Å²) in [5, 5.41) is 4.13. The predicted molar refractivity (Wildman–Crippen MR) is 102 cm³/mol. The SMILES string of the molecule is Cc1c(C(=O)N2CC[C@@H]3CNC[C@@H]3CC2)sc2nc3n(c(=O)c12)CCC3. The highest BCUT2D eigenvalue weighted by Gasteiger charge is 2.33. The summed E-state index contributed by atoms with van der Waals surface area (Å²) in [5.74, 6) is 2.36. The van der Waals surface area contributed by atoms with E-state index in [1.165, 1.54) is 11.3 Å². The van der Waals surface area contributed by atoms with Gasteiger partial charge in [0.25, 0.3) is 11.5 Å². The first-order chi connectivity index (χ1) is 12.6. The maximum absolute atomic E-state index is 13.2. The summed E-state index contributed by atoms with van der Waals surface area (Å²) in [6, 6.07) is 0. The van der Waals surface area contributed by atoms with Gasteiger partial charge in [0.1, 0.15) is 10.7 Å². The summed E-state index contributed by atoms with van der Waals surface area (Å²) < 4.78 is 1.79. The quantitative estimate of drug-likeness (QED) is 0.829. The van der Waals surface area contributed by atoms with Crippen LogP contribution >= 0.6 is 11.3 Å². The number of rotatable bonds is 1. The van der Waals surface area contributed by atoms with Crippen LogP contribution in [0, 0.1) is 18.8 Å². The van der Waals surface area contributed by atoms with Crippen LogP contribution in [0.1, 0.15) is 40.3 Å². The Kier molecular flexibility index (Phi) is 3.90. The second-order valence-electron chi connectivity index (χ2n) is 7.87. The van der Waals surface area contributed by atoms with Crippen molar-refractivity contribution in [2.75, 3.05) is 26.2 Å². The van der Waals surface area contributed by atoms with Gasteiger partial charge in [0.05, 0.1) is 10.3 Å². The van der Waals surface area contributed by atoms with Crippen molar-refractivity contribution in [3.8, 4) is 0 Å². The van der Waals surface area contributed by atoms with E-state index in [9.17, 15) is 9.59 Å². The van der Waals surface area contributed by atoms with Crippen molar-refractivity contribution < 1.29 is 4.79 Å². The Labute approximate surface area is 156 Å². The highest BCUT2D eigenvalue weighted by molar-refractivity contribution is 7.20. The molecule has 2 atom stereocenters. The molecule has 0 radical (unpaired) electrons. The van der Waals surface area contributed by atoms with Crippen LogP contribution in [0.25, 0.3) is 10.2 Å². The number of nitrogens with zero attached hydrogens (tertiary/aromatic N) is 3. The van der Waals surface area contributed by atoms with Crippen molar-refractivity contribution in [3.05, 3.63) is 26.6 Å². The minimum Gasteiger partial charge on any atom is -0.338 e. The molecule has 0 aliphatic carbocycles. The number of carbonyl (C=O) groups is 1. The fraction of sp³-hybridized carbons (Fsp3) is 0.632. The number of carbonyl (C=O) groups excluding carboxylic acids is 1. The fourth-order valence-electron chi connectivity index (χ4n) is 4.84. The van der Waals surface area contributed by atoms with E-state index in [4.69, 9.17) is 4.98 Å². The average molecular weight is 372 g/mol. The second kappa shape index (κ2) is 6.16. The molecule has 0 unspecified atom stereocenters. The van der Waals surface area contributed by atoms with Crippen molar-refractivity contribution >= 4 is 27.5 Å². The Bertz CT molecular complexity index is 933. The van der Waals surface area contributed by atoms with Gasteiger partial charge < -0.3 is 10.2 Å². The van der Waals surface area contributed by atoms with Crippen LogP contribution in [-0.2, 0) is 13.0 Å². The smallest absolute Gasteiger partial charge is 0.264 e. The van der Waals surface area contributed by atoms with Crippen LogP contribution in [-0.4, -0.2) is 46.5 Å². The number of hydrogen-bond donors (Lipinski definition) is 1. The van der Waals surface area contributed by atoms with E-state index in [0.29, 0.717) is 22.1 Å². The maximum atomic E-state index is 13.2. The van der Waals surface area contributed by atoms with E-state index >= 15 is 0 Å². The predicted octanol–water partition coefficient (Wildman–Crippen LogP) is 1.78. The molecule has 7 heteroatoms. The molecule has 0 saturated carbocycles. The molecule has 1 amide bonds. The lowest BCUT2D eigenvalue weighted by atomic mass is 9.92. The van der Waals surface area contributed by atoms with Crippen molar-refractivity contribution in [2.24, 2.45) is 11.8 Å². The van der Waals surface area contributed by atoms with Gasteiger partial charge >= 0.3 is 0 Å². The third kappa shape index (κ3) is 2.44. The van der Waals surface area contributed by atoms with E-state index < -0.39 is 0 Å². The molecule has 1 N–H and O–H groups in total. The van der Waals surface area contributed by atoms with Gasteiger partial charge in [-0.3, -0.25) is 14.2 Å². The van der Waals surface area contributed by atoms with Crippen LogP contribution < -0.4 is 10.9 Å². The minimum atomic E-state index is 0.0340. The number of aryl methyl sites for hydroxylation is 2. The lowest BCUT2D eigenvalue weighted by Gasteiger charge is -2.20. The van der Waals surface area contributed by atoms with Crippen LogP contribution in [0.3, 0.4) is 0 Å². The van der Waals surface area contributed by atoms with Crippen LogP contribution in [0.4, 0.5) is 0 Å². The van der Waals surface area contributed by atoms with Crippen molar-refractivity contribution in [1.82, 2.24) is 19.8 Å². The molecule has 26 heavy (non-hydrogen) atoms. The Morgan fingerprint density at radius 3 is 2.65 bits per heavy atom. The minimum absolute atomic E-state index is 0.0340. The van der Waals surface area contributed by atoms with E-state index in [-0.39, 0.29) is 11.5 Å². The van der Waals surface area contributed by atoms with E-state index in [1.807, 2.05) is 11.8 Å². The van der Waals surface area contributed by atoms with Gasteiger partial charge in [0.15, 0.2) is 0 Å². The van der Waals surface area contributed by atoms with Gasteiger partial charge in [-0.15, -0.1) is 11.3 Å². The maximum Gasteiger partial charge on any atom is 0.264 e. The summed E-state index contributed by atoms with van der Waals surface area (Å²) in [5.41, 5.74) is 0.854. The number of likely N-dealkylation sites (tertiary alicyclic amines) is 1. The molecule has 138 valence electrons. The van der Waals surface area contributed by atoms with Gasteiger partial charge in [-0.2, -0.15) is 0 Å².